The third-order valence-electron chi connectivity index (χ3n) is 4.30. The first-order valence-corrected chi connectivity index (χ1v) is 8.37. The van der Waals surface area contributed by atoms with Crippen LogP contribution in [0.3, 0.4) is 0 Å². The molecule has 2 rings (SSSR count). The summed E-state index contributed by atoms with van der Waals surface area (Å²) in [5.41, 5.74) is 0.970. The number of hydrogen-bond acceptors (Lipinski definition) is 3. The highest BCUT2D eigenvalue weighted by atomic mass is 16.2. The van der Waals surface area contributed by atoms with Gasteiger partial charge in [0.1, 0.15) is 5.82 Å². The fourth-order valence-corrected chi connectivity index (χ4v) is 2.98. The average molecular weight is 321 g/mol. The maximum absolute atomic E-state index is 12.5. The van der Waals surface area contributed by atoms with Gasteiger partial charge < -0.3 is 20.1 Å². The van der Waals surface area contributed by atoms with Crippen molar-refractivity contribution >= 4 is 11.9 Å². The Morgan fingerprint density at radius 3 is 2.78 bits per heavy atom. The van der Waals surface area contributed by atoms with Crippen molar-refractivity contribution in [2.45, 2.75) is 40.2 Å². The van der Waals surface area contributed by atoms with E-state index in [0.29, 0.717) is 19.6 Å². The third-order valence-corrected chi connectivity index (χ3v) is 4.30. The molecule has 1 fully saturated rings. The van der Waals surface area contributed by atoms with Gasteiger partial charge in [-0.15, -0.1) is 0 Å². The predicted octanol–water partition coefficient (Wildman–Crippen LogP) is 1.51. The Kier molecular flexibility index (Phi) is 6.01. The largest absolute Gasteiger partial charge is 0.345 e. The van der Waals surface area contributed by atoms with E-state index in [-0.39, 0.29) is 17.9 Å². The number of nitrogens with zero attached hydrogens (tertiary/aromatic N) is 3. The van der Waals surface area contributed by atoms with Gasteiger partial charge in [0.2, 0.25) is 5.91 Å². The second kappa shape index (κ2) is 7.99. The van der Waals surface area contributed by atoms with Gasteiger partial charge in [-0.3, -0.25) is 4.79 Å². The molecule has 0 radical (unpaired) electrons. The first-order chi connectivity index (χ1) is 11.0. The van der Waals surface area contributed by atoms with Gasteiger partial charge in [-0.05, 0) is 33.6 Å². The van der Waals surface area contributed by atoms with Crippen molar-refractivity contribution in [2.75, 3.05) is 26.2 Å². The molecule has 1 aliphatic heterocycles. The number of aromatic nitrogens is 2. The second-order valence-electron chi connectivity index (χ2n) is 5.97. The van der Waals surface area contributed by atoms with E-state index in [4.69, 9.17) is 0 Å². The van der Waals surface area contributed by atoms with E-state index >= 15 is 0 Å². The molecule has 7 nitrogen and oxygen atoms in total. The summed E-state index contributed by atoms with van der Waals surface area (Å²) in [6.45, 7) is 8.90. The number of imidazole rings is 1. The first kappa shape index (κ1) is 17.3. The summed E-state index contributed by atoms with van der Waals surface area (Å²) in [5, 5.41) is 2.87. The Bertz CT molecular complexity index is 538. The Morgan fingerprint density at radius 2 is 2.17 bits per heavy atom. The number of aryl methyl sites for hydroxylation is 1. The van der Waals surface area contributed by atoms with Crippen LogP contribution >= 0.6 is 0 Å². The number of rotatable bonds is 5. The van der Waals surface area contributed by atoms with Gasteiger partial charge in [0, 0.05) is 38.1 Å². The van der Waals surface area contributed by atoms with E-state index < -0.39 is 0 Å². The van der Waals surface area contributed by atoms with Crippen LogP contribution in [0, 0.1) is 12.8 Å². The number of H-pyrrole nitrogens is 1. The lowest BCUT2D eigenvalue weighted by atomic mass is 9.96. The first-order valence-electron chi connectivity index (χ1n) is 8.37. The Balaban J connectivity index is 1.87. The highest BCUT2D eigenvalue weighted by molar-refractivity contribution is 5.81. The van der Waals surface area contributed by atoms with Gasteiger partial charge in [-0.2, -0.15) is 0 Å². The Hall–Kier alpha value is -2.05. The van der Waals surface area contributed by atoms with Crippen LogP contribution in [0.15, 0.2) is 6.20 Å². The summed E-state index contributed by atoms with van der Waals surface area (Å²) in [7, 11) is 0. The van der Waals surface area contributed by atoms with Crippen molar-refractivity contribution in [3.05, 3.63) is 17.7 Å². The van der Waals surface area contributed by atoms with Crippen LogP contribution in [0.5, 0.6) is 0 Å². The van der Waals surface area contributed by atoms with Crippen molar-refractivity contribution in [3.8, 4) is 0 Å². The lowest BCUT2D eigenvalue weighted by Crippen LogP contribution is -2.49. The molecule has 0 spiro atoms. The van der Waals surface area contributed by atoms with Crippen molar-refractivity contribution < 1.29 is 9.59 Å². The molecule has 0 aromatic carbocycles. The molecule has 0 bridgehead atoms. The number of piperidine rings is 1. The number of carbonyl (C=O) groups is 2. The number of aromatic amines is 1. The van der Waals surface area contributed by atoms with Crippen molar-refractivity contribution in [2.24, 2.45) is 5.92 Å². The number of likely N-dealkylation sites (tertiary alicyclic amines) is 1. The zero-order valence-electron chi connectivity index (χ0n) is 14.3. The van der Waals surface area contributed by atoms with Crippen LogP contribution < -0.4 is 5.32 Å². The molecule has 7 heteroatoms. The highest BCUT2D eigenvalue weighted by Crippen LogP contribution is 2.19. The number of nitrogens with one attached hydrogen (secondary N) is 2. The number of amides is 3. The summed E-state index contributed by atoms with van der Waals surface area (Å²) in [4.78, 5) is 35.6. The SMILES string of the molecule is CCN(CC)C(=O)[C@@H]1CCCN(C(=O)NCc2ncc(C)[nH]2)C1. The monoisotopic (exact) mass is 321 g/mol. The summed E-state index contributed by atoms with van der Waals surface area (Å²) >= 11 is 0. The van der Waals surface area contributed by atoms with E-state index in [1.54, 1.807) is 11.1 Å². The quantitative estimate of drug-likeness (QED) is 0.862. The molecule has 3 amide bonds. The molecule has 0 saturated carbocycles. The van der Waals surface area contributed by atoms with Crippen LogP contribution in [0.1, 0.15) is 38.2 Å². The van der Waals surface area contributed by atoms with Crippen molar-refractivity contribution in [1.82, 2.24) is 25.1 Å². The Labute approximate surface area is 137 Å². The zero-order chi connectivity index (χ0) is 16.8. The molecule has 0 unspecified atom stereocenters. The molecule has 23 heavy (non-hydrogen) atoms. The predicted molar refractivity (Wildman–Crippen MR) is 87.8 cm³/mol. The summed E-state index contributed by atoms with van der Waals surface area (Å²) in [5.74, 6) is 0.818. The molecule has 2 heterocycles. The van der Waals surface area contributed by atoms with E-state index in [1.807, 2.05) is 25.7 Å². The molecule has 2 N–H and O–H groups in total. The summed E-state index contributed by atoms with van der Waals surface area (Å²) < 4.78 is 0. The van der Waals surface area contributed by atoms with E-state index in [2.05, 4.69) is 15.3 Å². The number of urea groups is 1. The molecule has 128 valence electrons. The lowest BCUT2D eigenvalue weighted by Gasteiger charge is -2.34. The second-order valence-corrected chi connectivity index (χ2v) is 5.97. The minimum Gasteiger partial charge on any atom is -0.345 e. The number of hydrogen-bond donors (Lipinski definition) is 2. The van der Waals surface area contributed by atoms with Crippen LogP contribution in [-0.4, -0.2) is 57.9 Å². The van der Waals surface area contributed by atoms with Gasteiger partial charge >= 0.3 is 6.03 Å². The van der Waals surface area contributed by atoms with Crippen LogP contribution in [0.4, 0.5) is 4.79 Å². The highest BCUT2D eigenvalue weighted by Gasteiger charge is 2.30. The van der Waals surface area contributed by atoms with E-state index in [9.17, 15) is 9.59 Å². The molecular weight excluding hydrogens is 294 g/mol. The standard InChI is InChI=1S/C16H27N5O2/c1-4-20(5-2)15(22)13-7-6-8-21(11-13)16(23)18-10-14-17-9-12(3)19-14/h9,13H,4-8,10-11H2,1-3H3,(H,17,19)(H,18,23)/t13-/m1/s1. The van der Waals surface area contributed by atoms with Gasteiger partial charge in [0.25, 0.3) is 0 Å². The van der Waals surface area contributed by atoms with Crippen LogP contribution in [0.2, 0.25) is 0 Å². The van der Waals surface area contributed by atoms with E-state index in [0.717, 1.165) is 37.4 Å². The van der Waals surface area contributed by atoms with Gasteiger partial charge in [0.15, 0.2) is 0 Å². The third kappa shape index (κ3) is 4.46. The molecule has 1 aliphatic rings. The fourth-order valence-electron chi connectivity index (χ4n) is 2.98. The average Bonchev–Trinajstić information content (AvgIpc) is 2.99. The molecule has 1 aromatic rings. The van der Waals surface area contributed by atoms with Gasteiger partial charge in [0.05, 0.1) is 12.5 Å². The van der Waals surface area contributed by atoms with Crippen molar-refractivity contribution in [3.63, 3.8) is 0 Å². The number of carbonyl (C=O) groups excluding carboxylic acids is 2. The topological polar surface area (TPSA) is 81.3 Å². The maximum Gasteiger partial charge on any atom is 0.317 e. The minimum absolute atomic E-state index is 0.0831. The fraction of sp³-hybridized carbons (Fsp3) is 0.688. The van der Waals surface area contributed by atoms with Gasteiger partial charge in [-0.1, -0.05) is 0 Å². The molecule has 0 aliphatic carbocycles. The van der Waals surface area contributed by atoms with Crippen LogP contribution in [0.25, 0.3) is 0 Å². The zero-order valence-corrected chi connectivity index (χ0v) is 14.3. The minimum atomic E-state index is -0.129. The molecule has 1 saturated heterocycles. The van der Waals surface area contributed by atoms with Gasteiger partial charge in [-0.25, -0.2) is 9.78 Å². The molecule has 1 aromatic heterocycles. The van der Waals surface area contributed by atoms with Crippen molar-refractivity contribution in [1.29, 1.82) is 0 Å². The Morgan fingerprint density at radius 1 is 1.43 bits per heavy atom. The smallest absolute Gasteiger partial charge is 0.317 e. The summed E-state index contributed by atoms with van der Waals surface area (Å²) in [6.07, 6.45) is 3.46. The summed E-state index contributed by atoms with van der Waals surface area (Å²) in [6, 6.07) is -0.129. The molecule has 1 atom stereocenters. The normalized spacial score (nSPS) is 17.9. The molecular formula is C16H27N5O2. The lowest BCUT2D eigenvalue weighted by molar-refractivity contribution is -0.136. The maximum atomic E-state index is 12.5. The van der Waals surface area contributed by atoms with E-state index in [1.165, 1.54) is 0 Å². The van der Waals surface area contributed by atoms with Crippen LogP contribution in [-0.2, 0) is 11.3 Å².